The molecule has 1 amide bonds. The first-order chi connectivity index (χ1) is 14.7. The summed E-state index contributed by atoms with van der Waals surface area (Å²) in [6, 6.07) is 7.07. The highest BCUT2D eigenvalue weighted by Crippen LogP contribution is 2.41. The third-order valence-electron chi connectivity index (χ3n) is 5.03. The van der Waals surface area contributed by atoms with E-state index in [1.165, 1.54) is 4.90 Å². The van der Waals surface area contributed by atoms with Gasteiger partial charge in [0.1, 0.15) is 17.1 Å². The van der Waals surface area contributed by atoms with Gasteiger partial charge >= 0.3 is 11.9 Å². The molecule has 31 heavy (non-hydrogen) atoms. The summed E-state index contributed by atoms with van der Waals surface area (Å²) in [6.45, 7) is 6.42. The number of β-lactam (4-membered cyclic amide) rings is 1. The lowest BCUT2D eigenvalue weighted by atomic mass is 9.98. The standard InChI is InChI=1S/C21H24N4O5S/c1-11-9-31-17-14(24-20-22-12-7-5-6-8-13(12)23-20)16(26)25(17)15(11)18(27)29-10-30-19(28)21(2,3)4/h5-8,14,17H,9-10H2,1-4H3,(H2,22,23,24)/t14?,17-/m0/s1. The number of nitrogens with zero attached hydrogens (tertiary/aromatic N) is 2. The van der Waals surface area contributed by atoms with E-state index in [1.807, 2.05) is 24.3 Å². The van der Waals surface area contributed by atoms with E-state index in [2.05, 4.69) is 15.3 Å². The summed E-state index contributed by atoms with van der Waals surface area (Å²) < 4.78 is 10.1. The normalized spacial score (nSPS) is 20.9. The molecule has 2 aromatic rings. The average molecular weight is 445 g/mol. The Balaban J connectivity index is 1.41. The second kappa shape index (κ2) is 7.92. The number of para-hydroxylation sites is 2. The number of ether oxygens (including phenoxy) is 2. The van der Waals surface area contributed by atoms with Gasteiger partial charge in [-0.05, 0) is 45.4 Å². The molecule has 1 unspecified atom stereocenters. The summed E-state index contributed by atoms with van der Waals surface area (Å²) >= 11 is 1.56. The Morgan fingerprint density at radius 2 is 2.03 bits per heavy atom. The van der Waals surface area contributed by atoms with Crippen LogP contribution in [0, 0.1) is 5.41 Å². The van der Waals surface area contributed by atoms with Gasteiger partial charge in [0, 0.05) is 5.75 Å². The van der Waals surface area contributed by atoms with Crippen LogP contribution < -0.4 is 5.32 Å². The van der Waals surface area contributed by atoms with Crippen LogP contribution in [0.25, 0.3) is 11.0 Å². The molecule has 2 atom stereocenters. The van der Waals surface area contributed by atoms with E-state index in [-0.39, 0.29) is 17.0 Å². The van der Waals surface area contributed by atoms with E-state index < -0.39 is 30.2 Å². The Hall–Kier alpha value is -3.01. The number of nitrogens with one attached hydrogen (secondary N) is 2. The first-order valence-corrected chi connectivity index (χ1v) is 10.9. The van der Waals surface area contributed by atoms with Crippen molar-refractivity contribution in [3.05, 3.63) is 35.5 Å². The summed E-state index contributed by atoms with van der Waals surface area (Å²) in [5.41, 5.74) is 1.92. The number of hydrogen-bond acceptors (Lipinski definition) is 8. The molecule has 1 aromatic carbocycles. The molecule has 1 aromatic heterocycles. The van der Waals surface area contributed by atoms with Crippen molar-refractivity contribution in [3.8, 4) is 0 Å². The van der Waals surface area contributed by atoms with Crippen molar-refractivity contribution >= 4 is 46.6 Å². The highest BCUT2D eigenvalue weighted by atomic mass is 32.2. The number of aromatic amines is 1. The quantitative estimate of drug-likeness (QED) is 0.411. The van der Waals surface area contributed by atoms with Gasteiger partial charge in [-0.1, -0.05) is 12.1 Å². The van der Waals surface area contributed by atoms with Crippen molar-refractivity contribution in [1.29, 1.82) is 0 Å². The molecule has 0 spiro atoms. The molecule has 2 N–H and O–H groups in total. The number of esters is 2. The van der Waals surface area contributed by atoms with Gasteiger partial charge in [-0.15, -0.1) is 11.8 Å². The first kappa shape index (κ1) is 21.2. The number of anilines is 1. The molecule has 1 saturated heterocycles. The van der Waals surface area contributed by atoms with E-state index in [1.54, 1.807) is 39.5 Å². The molecule has 0 aliphatic carbocycles. The van der Waals surface area contributed by atoms with Crippen LogP contribution in [-0.4, -0.2) is 56.7 Å². The highest BCUT2D eigenvalue weighted by Gasteiger charge is 2.53. The number of carbonyl (C=O) groups excluding carboxylic acids is 3. The molecule has 4 rings (SSSR count). The molecule has 0 bridgehead atoms. The second-order valence-corrected chi connectivity index (χ2v) is 9.60. The Labute approximate surface area is 183 Å². The molecule has 164 valence electrons. The predicted octanol–water partition coefficient (Wildman–Crippen LogP) is 2.62. The zero-order chi connectivity index (χ0) is 22.3. The fourth-order valence-corrected chi connectivity index (χ4v) is 4.64. The number of hydrogen-bond donors (Lipinski definition) is 2. The number of benzene rings is 1. The average Bonchev–Trinajstić information content (AvgIpc) is 3.13. The summed E-state index contributed by atoms with van der Waals surface area (Å²) in [5, 5.41) is 2.88. The first-order valence-electron chi connectivity index (χ1n) is 9.87. The number of amides is 1. The molecule has 10 heteroatoms. The van der Waals surface area contributed by atoms with Crippen molar-refractivity contribution < 1.29 is 23.9 Å². The summed E-state index contributed by atoms with van der Waals surface area (Å²) in [6.07, 6.45) is 0. The van der Waals surface area contributed by atoms with E-state index in [4.69, 9.17) is 9.47 Å². The zero-order valence-electron chi connectivity index (χ0n) is 17.7. The fourth-order valence-electron chi connectivity index (χ4n) is 3.35. The number of imidazole rings is 1. The molecule has 3 heterocycles. The number of fused-ring (bicyclic) bond motifs is 2. The Kier molecular flexibility index (Phi) is 5.42. The third-order valence-corrected chi connectivity index (χ3v) is 6.45. The monoisotopic (exact) mass is 444 g/mol. The van der Waals surface area contributed by atoms with Crippen molar-refractivity contribution in [1.82, 2.24) is 14.9 Å². The van der Waals surface area contributed by atoms with Crippen LogP contribution in [0.5, 0.6) is 0 Å². The van der Waals surface area contributed by atoms with Crippen molar-refractivity contribution in [2.24, 2.45) is 5.41 Å². The molecule has 0 saturated carbocycles. The molecular weight excluding hydrogens is 420 g/mol. The van der Waals surface area contributed by atoms with Gasteiger partial charge in [0.15, 0.2) is 0 Å². The maximum Gasteiger partial charge on any atom is 0.357 e. The number of H-pyrrole nitrogens is 1. The minimum absolute atomic E-state index is 0.211. The SMILES string of the molecule is CC1=C(C(=O)OCOC(=O)C(C)(C)C)N2C(=O)C(Nc3nc4ccccc4[nH]3)[C@@H]2SC1. The Morgan fingerprint density at radius 1 is 1.29 bits per heavy atom. The summed E-state index contributed by atoms with van der Waals surface area (Å²) in [5.74, 6) is -0.308. The zero-order valence-corrected chi connectivity index (χ0v) is 18.5. The molecule has 9 nitrogen and oxygen atoms in total. The van der Waals surface area contributed by atoms with Gasteiger partial charge in [0.05, 0.1) is 16.4 Å². The molecular formula is C21H24N4O5S. The van der Waals surface area contributed by atoms with E-state index in [9.17, 15) is 14.4 Å². The Morgan fingerprint density at radius 3 is 2.74 bits per heavy atom. The van der Waals surface area contributed by atoms with Gasteiger partial charge in [-0.3, -0.25) is 14.5 Å². The van der Waals surface area contributed by atoms with Gasteiger partial charge in [-0.25, -0.2) is 9.78 Å². The minimum atomic E-state index is -0.697. The number of thioether (sulfide) groups is 1. The lowest BCUT2D eigenvalue weighted by Gasteiger charge is -2.49. The van der Waals surface area contributed by atoms with Crippen LogP contribution in [0.1, 0.15) is 27.7 Å². The van der Waals surface area contributed by atoms with Gasteiger partial charge < -0.3 is 19.8 Å². The van der Waals surface area contributed by atoms with E-state index in [0.717, 1.165) is 16.6 Å². The van der Waals surface area contributed by atoms with Crippen LogP contribution in [0.3, 0.4) is 0 Å². The fraction of sp³-hybridized carbons (Fsp3) is 0.429. The summed E-state index contributed by atoms with van der Waals surface area (Å²) in [4.78, 5) is 46.4. The van der Waals surface area contributed by atoms with Crippen LogP contribution in [0.15, 0.2) is 35.5 Å². The number of carbonyl (C=O) groups is 3. The largest absolute Gasteiger partial charge is 0.427 e. The third kappa shape index (κ3) is 3.99. The maximum atomic E-state index is 12.9. The van der Waals surface area contributed by atoms with Crippen LogP contribution in [0.2, 0.25) is 0 Å². The van der Waals surface area contributed by atoms with Crippen molar-refractivity contribution in [2.45, 2.75) is 39.1 Å². The smallest absolute Gasteiger partial charge is 0.357 e. The minimum Gasteiger partial charge on any atom is -0.427 e. The van der Waals surface area contributed by atoms with Gasteiger partial charge in [-0.2, -0.15) is 0 Å². The topological polar surface area (TPSA) is 114 Å². The van der Waals surface area contributed by atoms with Crippen LogP contribution >= 0.6 is 11.8 Å². The molecule has 1 fully saturated rings. The Bertz CT molecular complexity index is 1050. The van der Waals surface area contributed by atoms with Crippen LogP contribution in [0.4, 0.5) is 5.95 Å². The highest BCUT2D eigenvalue weighted by molar-refractivity contribution is 8.00. The van der Waals surface area contributed by atoms with E-state index in [0.29, 0.717) is 11.7 Å². The molecule has 2 aliphatic rings. The predicted molar refractivity (Wildman–Crippen MR) is 116 cm³/mol. The van der Waals surface area contributed by atoms with Crippen molar-refractivity contribution in [2.75, 3.05) is 17.9 Å². The van der Waals surface area contributed by atoms with Gasteiger partial charge in [0.25, 0.3) is 5.91 Å². The lowest BCUT2D eigenvalue weighted by molar-refractivity contribution is -0.173. The van der Waals surface area contributed by atoms with E-state index >= 15 is 0 Å². The lowest BCUT2D eigenvalue weighted by Crippen LogP contribution is -2.67. The van der Waals surface area contributed by atoms with Crippen LogP contribution in [-0.2, 0) is 23.9 Å². The van der Waals surface area contributed by atoms with Gasteiger partial charge in [0.2, 0.25) is 12.7 Å². The van der Waals surface area contributed by atoms with Crippen molar-refractivity contribution in [3.63, 3.8) is 0 Å². The maximum absolute atomic E-state index is 12.9. The molecule has 2 aliphatic heterocycles. The number of rotatable bonds is 5. The second-order valence-electron chi connectivity index (χ2n) is 8.49. The molecule has 0 radical (unpaired) electrons. The summed E-state index contributed by atoms with van der Waals surface area (Å²) in [7, 11) is 0. The number of aromatic nitrogens is 2.